The third-order valence-electron chi connectivity index (χ3n) is 0.733. The number of halogens is 1. The minimum atomic E-state index is 0. The Hall–Kier alpha value is 0.198. The standard InChI is InChI=1S/C6H5Cl.Pt/c7-6-4-2-1-3-5-6;/h1-5H;. The fourth-order valence-electron chi connectivity index (χ4n) is 0.415. The minimum absolute atomic E-state index is 0. The van der Waals surface area contributed by atoms with Crippen LogP contribution in [0.15, 0.2) is 30.3 Å². The van der Waals surface area contributed by atoms with Crippen LogP contribution >= 0.6 is 11.6 Å². The van der Waals surface area contributed by atoms with Crippen LogP contribution in [0.25, 0.3) is 0 Å². The molecule has 0 fully saturated rings. The molecule has 1 rings (SSSR count). The molecule has 1 aromatic carbocycles. The van der Waals surface area contributed by atoms with Gasteiger partial charge in [-0.05, 0) is 12.1 Å². The van der Waals surface area contributed by atoms with Gasteiger partial charge in [-0.2, -0.15) is 0 Å². The maximum absolute atomic E-state index is 5.54. The fourth-order valence-corrected chi connectivity index (χ4v) is 0.560. The molecule has 0 amide bonds. The summed E-state index contributed by atoms with van der Waals surface area (Å²) in [5.74, 6) is 0. The van der Waals surface area contributed by atoms with Gasteiger partial charge in [0.2, 0.25) is 0 Å². The van der Waals surface area contributed by atoms with Crippen LogP contribution in [0.4, 0.5) is 0 Å². The second kappa shape index (κ2) is 4.11. The Balaban J connectivity index is 0.000000490. The molecule has 0 saturated carbocycles. The van der Waals surface area contributed by atoms with Gasteiger partial charge in [-0.25, -0.2) is 0 Å². The van der Waals surface area contributed by atoms with Crippen molar-refractivity contribution >= 4 is 11.6 Å². The maximum atomic E-state index is 5.54. The van der Waals surface area contributed by atoms with Crippen molar-refractivity contribution in [1.82, 2.24) is 0 Å². The van der Waals surface area contributed by atoms with Gasteiger partial charge in [0.15, 0.2) is 0 Å². The first kappa shape index (κ1) is 8.20. The molecule has 0 aliphatic carbocycles. The van der Waals surface area contributed by atoms with Gasteiger partial charge in [0, 0.05) is 26.1 Å². The second-order valence-corrected chi connectivity index (χ2v) is 1.73. The predicted molar refractivity (Wildman–Crippen MR) is 31.5 cm³/mol. The molecule has 0 spiro atoms. The first-order chi connectivity index (χ1) is 3.39. The first-order valence-electron chi connectivity index (χ1n) is 2.10. The van der Waals surface area contributed by atoms with Gasteiger partial charge in [-0.1, -0.05) is 29.8 Å². The van der Waals surface area contributed by atoms with Crippen molar-refractivity contribution in [2.45, 2.75) is 0 Å². The number of hydrogen-bond acceptors (Lipinski definition) is 0. The average molecular weight is 308 g/mol. The summed E-state index contributed by atoms with van der Waals surface area (Å²) < 4.78 is 0. The van der Waals surface area contributed by atoms with E-state index < -0.39 is 0 Å². The molecule has 0 saturated heterocycles. The van der Waals surface area contributed by atoms with E-state index in [1.54, 1.807) is 0 Å². The second-order valence-electron chi connectivity index (χ2n) is 1.30. The van der Waals surface area contributed by atoms with Crippen molar-refractivity contribution in [1.29, 1.82) is 0 Å². The SMILES string of the molecule is Clc1ccccc1.[Pt]. The number of rotatable bonds is 0. The summed E-state index contributed by atoms with van der Waals surface area (Å²) >= 11 is 5.54. The summed E-state index contributed by atoms with van der Waals surface area (Å²) in [4.78, 5) is 0. The third-order valence-corrected chi connectivity index (χ3v) is 0.985. The van der Waals surface area contributed by atoms with Gasteiger partial charge in [0.1, 0.15) is 0 Å². The summed E-state index contributed by atoms with van der Waals surface area (Å²) in [7, 11) is 0. The summed E-state index contributed by atoms with van der Waals surface area (Å²) in [6, 6.07) is 9.44. The fraction of sp³-hybridized carbons (Fsp3) is 0. The van der Waals surface area contributed by atoms with Crippen molar-refractivity contribution < 1.29 is 21.1 Å². The van der Waals surface area contributed by atoms with Crippen molar-refractivity contribution in [2.75, 3.05) is 0 Å². The molecule has 0 heterocycles. The Kier molecular flexibility index (Phi) is 4.22. The van der Waals surface area contributed by atoms with Crippen molar-refractivity contribution in [3.8, 4) is 0 Å². The minimum Gasteiger partial charge on any atom is -0.0843 e. The topological polar surface area (TPSA) is 0 Å². The van der Waals surface area contributed by atoms with Crippen LogP contribution in [0.2, 0.25) is 5.02 Å². The van der Waals surface area contributed by atoms with E-state index in [1.165, 1.54) is 0 Å². The van der Waals surface area contributed by atoms with E-state index in [0.717, 1.165) is 5.02 Å². The molecule has 0 unspecified atom stereocenters. The largest absolute Gasteiger partial charge is 0.0843 e. The molecule has 2 heteroatoms. The van der Waals surface area contributed by atoms with Crippen molar-refractivity contribution in [2.24, 2.45) is 0 Å². The van der Waals surface area contributed by atoms with Crippen LogP contribution in [-0.2, 0) is 21.1 Å². The van der Waals surface area contributed by atoms with E-state index >= 15 is 0 Å². The summed E-state index contributed by atoms with van der Waals surface area (Å²) in [6.45, 7) is 0. The molecule has 0 atom stereocenters. The van der Waals surface area contributed by atoms with Crippen molar-refractivity contribution in [3.63, 3.8) is 0 Å². The Morgan fingerprint density at radius 3 is 1.75 bits per heavy atom. The molecule has 1 aromatic rings. The summed E-state index contributed by atoms with van der Waals surface area (Å²) in [5.41, 5.74) is 0. The van der Waals surface area contributed by atoms with Crippen LogP contribution in [-0.4, -0.2) is 0 Å². The molecule has 0 aliphatic heterocycles. The monoisotopic (exact) mass is 307 g/mol. The van der Waals surface area contributed by atoms with E-state index in [-0.39, 0.29) is 21.1 Å². The van der Waals surface area contributed by atoms with Gasteiger partial charge in [0.25, 0.3) is 0 Å². The normalized spacial score (nSPS) is 7.62. The van der Waals surface area contributed by atoms with Gasteiger partial charge in [-0.15, -0.1) is 0 Å². The van der Waals surface area contributed by atoms with Gasteiger partial charge >= 0.3 is 0 Å². The zero-order chi connectivity index (χ0) is 5.11. The predicted octanol–water partition coefficient (Wildman–Crippen LogP) is 2.34. The first-order valence-corrected chi connectivity index (χ1v) is 2.48. The summed E-state index contributed by atoms with van der Waals surface area (Å²) in [5, 5.41) is 0.794. The van der Waals surface area contributed by atoms with E-state index in [0.29, 0.717) is 0 Å². The van der Waals surface area contributed by atoms with Crippen LogP contribution in [0.3, 0.4) is 0 Å². The Bertz CT molecular complexity index is 138. The molecule has 0 aromatic heterocycles. The molecular formula is C6H5ClPt. The van der Waals surface area contributed by atoms with E-state index in [4.69, 9.17) is 11.6 Å². The molecule has 0 aliphatic rings. The Morgan fingerprint density at radius 2 is 1.50 bits per heavy atom. The molecule has 0 radical (unpaired) electrons. The van der Waals surface area contributed by atoms with Crippen LogP contribution < -0.4 is 0 Å². The molecule has 0 bridgehead atoms. The maximum Gasteiger partial charge on any atom is 0.0405 e. The Morgan fingerprint density at radius 1 is 1.00 bits per heavy atom. The zero-order valence-corrected chi connectivity index (χ0v) is 7.11. The van der Waals surface area contributed by atoms with E-state index in [9.17, 15) is 0 Å². The molecule has 0 N–H and O–H groups in total. The van der Waals surface area contributed by atoms with Crippen LogP contribution in [0.1, 0.15) is 0 Å². The van der Waals surface area contributed by atoms with Gasteiger partial charge in [0.05, 0.1) is 0 Å². The smallest absolute Gasteiger partial charge is 0.0405 e. The van der Waals surface area contributed by atoms with Crippen molar-refractivity contribution in [3.05, 3.63) is 35.4 Å². The number of benzene rings is 1. The number of hydrogen-bond donors (Lipinski definition) is 0. The van der Waals surface area contributed by atoms with E-state index in [1.807, 2.05) is 30.3 Å². The van der Waals surface area contributed by atoms with Crippen LogP contribution in [0, 0.1) is 0 Å². The third kappa shape index (κ3) is 2.49. The van der Waals surface area contributed by atoms with E-state index in [2.05, 4.69) is 0 Å². The molecular weight excluding hydrogens is 303 g/mol. The Labute approximate surface area is 68.1 Å². The zero-order valence-electron chi connectivity index (χ0n) is 4.08. The quantitative estimate of drug-likeness (QED) is 0.690. The molecule has 8 heavy (non-hydrogen) atoms. The molecule has 46 valence electrons. The van der Waals surface area contributed by atoms with Crippen LogP contribution in [0.5, 0.6) is 0 Å². The average Bonchev–Trinajstić information content (AvgIpc) is 1.69. The summed E-state index contributed by atoms with van der Waals surface area (Å²) in [6.07, 6.45) is 0. The van der Waals surface area contributed by atoms with Gasteiger partial charge < -0.3 is 0 Å². The van der Waals surface area contributed by atoms with Gasteiger partial charge in [-0.3, -0.25) is 0 Å². The molecule has 0 nitrogen and oxygen atoms in total.